The lowest BCUT2D eigenvalue weighted by Crippen LogP contribution is -2.12. The summed E-state index contributed by atoms with van der Waals surface area (Å²) in [7, 11) is 1.48. The Labute approximate surface area is 124 Å². The Kier molecular flexibility index (Phi) is 3.20. The normalized spacial score (nSPS) is 23.6. The van der Waals surface area contributed by atoms with Gasteiger partial charge in [-0.05, 0) is 24.1 Å². The molecule has 0 amide bonds. The summed E-state index contributed by atoms with van der Waals surface area (Å²) < 4.78 is 5.07. The van der Waals surface area contributed by atoms with E-state index in [1.807, 2.05) is 18.2 Å². The van der Waals surface area contributed by atoms with Crippen molar-refractivity contribution >= 4 is 5.78 Å². The van der Waals surface area contributed by atoms with E-state index in [1.165, 1.54) is 12.7 Å². The number of Topliss-reactive ketones (excluding diaryl/α,β-unsaturated/α-hetero) is 1. The van der Waals surface area contributed by atoms with E-state index in [9.17, 15) is 9.90 Å². The van der Waals surface area contributed by atoms with Crippen molar-refractivity contribution in [1.82, 2.24) is 0 Å². The summed E-state index contributed by atoms with van der Waals surface area (Å²) in [5.41, 5.74) is 1.39. The molecule has 3 rings (SSSR count). The van der Waals surface area contributed by atoms with Gasteiger partial charge in [0.2, 0.25) is 0 Å². The SMILES string of the molecule is COc1cccc(C(=O)[C@H]2C[C@]2(C)c2ccccc2)c1O. The molecule has 108 valence electrons. The molecule has 1 aliphatic rings. The number of ether oxygens (including phenoxy) is 1. The second-order valence-corrected chi connectivity index (χ2v) is 5.76. The lowest BCUT2D eigenvalue weighted by Gasteiger charge is -2.12. The third-order valence-corrected chi connectivity index (χ3v) is 4.47. The van der Waals surface area contributed by atoms with Crippen LogP contribution in [0.1, 0.15) is 29.3 Å². The molecule has 0 heterocycles. The maximum atomic E-state index is 12.7. The van der Waals surface area contributed by atoms with Crippen LogP contribution in [0.5, 0.6) is 11.5 Å². The van der Waals surface area contributed by atoms with Crippen molar-refractivity contribution in [3.63, 3.8) is 0 Å². The minimum atomic E-state index is -0.131. The minimum Gasteiger partial charge on any atom is -0.504 e. The van der Waals surface area contributed by atoms with E-state index < -0.39 is 0 Å². The van der Waals surface area contributed by atoms with Gasteiger partial charge in [-0.25, -0.2) is 0 Å². The van der Waals surface area contributed by atoms with E-state index in [0.29, 0.717) is 11.3 Å². The number of carbonyl (C=O) groups excluding carboxylic acids is 1. The van der Waals surface area contributed by atoms with Gasteiger partial charge in [0, 0.05) is 11.3 Å². The van der Waals surface area contributed by atoms with E-state index in [2.05, 4.69) is 19.1 Å². The fourth-order valence-corrected chi connectivity index (χ4v) is 2.96. The van der Waals surface area contributed by atoms with Gasteiger partial charge in [-0.2, -0.15) is 0 Å². The van der Waals surface area contributed by atoms with Gasteiger partial charge >= 0.3 is 0 Å². The van der Waals surface area contributed by atoms with Crippen LogP contribution in [0.2, 0.25) is 0 Å². The Morgan fingerprint density at radius 3 is 2.57 bits per heavy atom. The molecule has 1 saturated carbocycles. The summed E-state index contributed by atoms with van der Waals surface area (Å²) in [6.45, 7) is 2.10. The Balaban J connectivity index is 1.89. The molecule has 3 heteroatoms. The van der Waals surface area contributed by atoms with Crippen molar-refractivity contribution in [1.29, 1.82) is 0 Å². The molecule has 2 atom stereocenters. The molecule has 0 aromatic heterocycles. The minimum absolute atomic E-state index is 0.0160. The first-order chi connectivity index (χ1) is 10.1. The van der Waals surface area contributed by atoms with Crippen LogP contribution in [0.15, 0.2) is 48.5 Å². The smallest absolute Gasteiger partial charge is 0.170 e. The summed E-state index contributed by atoms with van der Waals surface area (Å²) in [4.78, 5) is 12.7. The van der Waals surface area contributed by atoms with Crippen LogP contribution in [-0.4, -0.2) is 18.0 Å². The van der Waals surface area contributed by atoms with Gasteiger partial charge in [-0.15, -0.1) is 0 Å². The van der Waals surface area contributed by atoms with Gasteiger partial charge < -0.3 is 9.84 Å². The Hall–Kier alpha value is -2.29. The van der Waals surface area contributed by atoms with Crippen molar-refractivity contribution < 1.29 is 14.6 Å². The first kappa shape index (κ1) is 13.7. The zero-order chi connectivity index (χ0) is 15.0. The fourth-order valence-electron chi connectivity index (χ4n) is 2.96. The average molecular weight is 282 g/mol. The largest absolute Gasteiger partial charge is 0.504 e. The van der Waals surface area contributed by atoms with Gasteiger partial charge in [0.05, 0.1) is 12.7 Å². The second kappa shape index (κ2) is 4.92. The molecule has 21 heavy (non-hydrogen) atoms. The van der Waals surface area contributed by atoms with Crippen molar-refractivity contribution in [3.8, 4) is 11.5 Å². The van der Waals surface area contributed by atoms with Crippen LogP contribution < -0.4 is 4.74 Å². The predicted octanol–water partition coefficient (Wildman–Crippen LogP) is 3.56. The van der Waals surface area contributed by atoms with Crippen molar-refractivity contribution in [3.05, 3.63) is 59.7 Å². The van der Waals surface area contributed by atoms with Gasteiger partial charge in [0.15, 0.2) is 17.3 Å². The molecule has 0 unspecified atom stereocenters. The lowest BCUT2D eigenvalue weighted by molar-refractivity contribution is 0.0955. The number of ketones is 1. The van der Waals surface area contributed by atoms with Crippen molar-refractivity contribution in [2.45, 2.75) is 18.8 Å². The molecule has 0 saturated heterocycles. The summed E-state index contributed by atoms with van der Waals surface area (Å²) >= 11 is 0. The number of hydrogen-bond donors (Lipinski definition) is 1. The standard InChI is InChI=1S/C18H18O3/c1-18(12-7-4-3-5-8-12)11-14(18)16(19)13-9-6-10-15(21-2)17(13)20/h3-10,14,20H,11H2,1-2H3/t14-,18-/m1/s1. The molecule has 1 N–H and O–H groups in total. The number of aromatic hydroxyl groups is 1. The van der Waals surface area contributed by atoms with Gasteiger partial charge in [-0.1, -0.05) is 43.3 Å². The Morgan fingerprint density at radius 1 is 1.19 bits per heavy atom. The van der Waals surface area contributed by atoms with E-state index in [0.717, 1.165) is 6.42 Å². The van der Waals surface area contributed by atoms with E-state index in [4.69, 9.17) is 4.74 Å². The summed E-state index contributed by atoms with van der Waals surface area (Å²) in [5.74, 6) is 0.172. The highest BCUT2D eigenvalue weighted by Gasteiger charge is 2.55. The molecule has 1 aliphatic carbocycles. The third kappa shape index (κ3) is 2.19. The van der Waals surface area contributed by atoms with Crippen LogP contribution >= 0.6 is 0 Å². The molecule has 3 nitrogen and oxygen atoms in total. The number of hydrogen-bond acceptors (Lipinski definition) is 3. The highest BCUT2D eigenvalue weighted by Crippen LogP contribution is 2.55. The lowest BCUT2D eigenvalue weighted by atomic mass is 9.92. The van der Waals surface area contributed by atoms with Gasteiger partial charge in [-0.3, -0.25) is 4.79 Å². The molecule has 0 spiro atoms. The highest BCUT2D eigenvalue weighted by molar-refractivity contribution is 6.03. The summed E-state index contributed by atoms with van der Waals surface area (Å²) in [6.07, 6.45) is 0.812. The van der Waals surface area contributed by atoms with Crippen LogP contribution in [0.4, 0.5) is 0 Å². The van der Waals surface area contributed by atoms with E-state index >= 15 is 0 Å². The van der Waals surface area contributed by atoms with Crippen LogP contribution in [0.25, 0.3) is 0 Å². The zero-order valence-corrected chi connectivity index (χ0v) is 12.2. The molecule has 0 radical (unpaired) electrons. The van der Waals surface area contributed by atoms with Gasteiger partial charge in [0.1, 0.15) is 0 Å². The average Bonchev–Trinajstić information content (AvgIpc) is 3.21. The van der Waals surface area contributed by atoms with Crippen molar-refractivity contribution in [2.24, 2.45) is 5.92 Å². The number of rotatable bonds is 4. The number of phenols is 1. The second-order valence-electron chi connectivity index (χ2n) is 5.76. The van der Waals surface area contributed by atoms with Crippen molar-refractivity contribution in [2.75, 3.05) is 7.11 Å². The number of carbonyl (C=O) groups is 1. The monoisotopic (exact) mass is 282 g/mol. The molecule has 2 aromatic rings. The van der Waals surface area contributed by atoms with Gasteiger partial charge in [0.25, 0.3) is 0 Å². The Bertz CT molecular complexity index is 678. The molecule has 0 bridgehead atoms. The highest BCUT2D eigenvalue weighted by atomic mass is 16.5. The zero-order valence-electron chi connectivity index (χ0n) is 12.2. The maximum Gasteiger partial charge on any atom is 0.170 e. The number of methoxy groups -OCH3 is 1. The van der Waals surface area contributed by atoms with Crippen LogP contribution in [0, 0.1) is 5.92 Å². The van der Waals surface area contributed by atoms with Crippen LogP contribution in [-0.2, 0) is 5.41 Å². The summed E-state index contributed by atoms with van der Waals surface area (Å²) in [6, 6.07) is 15.1. The van der Waals surface area contributed by atoms with E-state index in [1.54, 1.807) is 18.2 Å². The molecular formula is C18H18O3. The third-order valence-electron chi connectivity index (χ3n) is 4.47. The fraction of sp³-hybridized carbons (Fsp3) is 0.278. The van der Waals surface area contributed by atoms with Crippen LogP contribution in [0.3, 0.4) is 0 Å². The first-order valence-corrected chi connectivity index (χ1v) is 7.03. The molecule has 0 aliphatic heterocycles. The number of para-hydroxylation sites is 1. The summed E-state index contributed by atoms with van der Waals surface area (Å²) in [5, 5.41) is 10.1. The first-order valence-electron chi connectivity index (χ1n) is 7.03. The number of benzene rings is 2. The predicted molar refractivity (Wildman–Crippen MR) is 80.9 cm³/mol. The molecule has 1 fully saturated rings. The topological polar surface area (TPSA) is 46.5 Å². The molecular weight excluding hydrogens is 264 g/mol. The quantitative estimate of drug-likeness (QED) is 0.872. The number of phenolic OH excluding ortho intramolecular Hbond substituents is 1. The maximum absolute atomic E-state index is 12.7. The van der Waals surface area contributed by atoms with E-state index in [-0.39, 0.29) is 22.9 Å². The Morgan fingerprint density at radius 2 is 1.90 bits per heavy atom. The molecule has 2 aromatic carbocycles.